The number of hydrogen-bond acceptors (Lipinski definition) is 1. The second-order valence-corrected chi connectivity index (χ2v) is 5.73. The fourth-order valence-electron chi connectivity index (χ4n) is 3.68. The lowest BCUT2D eigenvalue weighted by Crippen LogP contribution is -2.29. The van der Waals surface area contributed by atoms with Crippen LogP contribution in [0.1, 0.15) is 34.5 Å². The number of aryl methyl sites for hydroxylation is 3. The van der Waals surface area contributed by atoms with Gasteiger partial charge in [-0.15, -0.1) is 0 Å². The quantitative estimate of drug-likeness (QED) is 0.709. The second kappa shape index (κ2) is 3.86. The number of nitrogens with zero attached hydrogens (tertiary/aromatic N) is 2. The van der Waals surface area contributed by atoms with E-state index in [2.05, 4.69) is 22.8 Å². The molecular formula is C16H18N2O. The van der Waals surface area contributed by atoms with Crippen molar-refractivity contribution in [3.63, 3.8) is 0 Å². The predicted octanol–water partition coefficient (Wildman–Crippen LogP) is 2.61. The number of benzene rings is 1. The van der Waals surface area contributed by atoms with Gasteiger partial charge in [0.1, 0.15) is 5.69 Å². The normalized spacial score (nSPS) is 18.6. The number of para-hydroxylation sites is 1. The summed E-state index contributed by atoms with van der Waals surface area (Å²) in [7, 11) is 1.92. The first-order valence-corrected chi connectivity index (χ1v) is 7.16. The molecule has 1 aromatic heterocycles. The van der Waals surface area contributed by atoms with Gasteiger partial charge in [-0.3, -0.25) is 4.79 Å². The van der Waals surface area contributed by atoms with Crippen molar-refractivity contribution in [3.8, 4) is 0 Å². The van der Waals surface area contributed by atoms with Crippen molar-refractivity contribution >= 4 is 16.8 Å². The molecule has 1 aromatic carbocycles. The number of carbonyl (C=O) groups excluding carboxylic acids is 1. The minimum absolute atomic E-state index is 0.205. The molecule has 3 heteroatoms. The summed E-state index contributed by atoms with van der Waals surface area (Å²) in [4.78, 5) is 14.5. The van der Waals surface area contributed by atoms with Crippen LogP contribution in [0.25, 0.3) is 10.9 Å². The van der Waals surface area contributed by atoms with Gasteiger partial charge in [-0.2, -0.15) is 0 Å². The summed E-state index contributed by atoms with van der Waals surface area (Å²) >= 11 is 0. The molecule has 2 aliphatic rings. The standard InChI is InChI=1S/C16H18N2O/c1-17-9-4-8-13-12-7-2-5-11-6-3-10-18(14(11)12)15(13)16(17)19/h2,5,7H,3-4,6,8-10H2,1H3. The van der Waals surface area contributed by atoms with Gasteiger partial charge in [0.15, 0.2) is 0 Å². The van der Waals surface area contributed by atoms with Gasteiger partial charge in [-0.05, 0) is 36.8 Å². The first-order chi connectivity index (χ1) is 9.27. The Balaban J connectivity index is 2.11. The Labute approximate surface area is 112 Å². The molecule has 0 aliphatic carbocycles. The molecular weight excluding hydrogens is 236 g/mol. The van der Waals surface area contributed by atoms with Crippen molar-refractivity contribution in [1.29, 1.82) is 0 Å². The number of carbonyl (C=O) groups is 1. The van der Waals surface area contributed by atoms with E-state index in [9.17, 15) is 4.79 Å². The van der Waals surface area contributed by atoms with Gasteiger partial charge in [0.05, 0.1) is 5.52 Å². The molecule has 2 aliphatic heterocycles. The molecule has 0 atom stereocenters. The maximum Gasteiger partial charge on any atom is 0.270 e. The first-order valence-electron chi connectivity index (χ1n) is 7.16. The van der Waals surface area contributed by atoms with Crippen LogP contribution < -0.4 is 0 Å². The summed E-state index contributed by atoms with van der Waals surface area (Å²) in [5.74, 6) is 0.205. The minimum atomic E-state index is 0.205. The van der Waals surface area contributed by atoms with E-state index in [1.165, 1.54) is 22.0 Å². The van der Waals surface area contributed by atoms with Crippen LogP contribution in [0.4, 0.5) is 0 Å². The Morgan fingerprint density at radius 3 is 2.84 bits per heavy atom. The van der Waals surface area contributed by atoms with Crippen LogP contribution in [0, 0.1) is 0 Å². The minimum Gasteiger partial charge on any atom is -0.340 e. The van der Waals surface area contributed by atoms with Crippen LogP contribution in [-0.4, -0.2) is 29.0 Å². The highest BCUT2D eigenvalue weighted by Crippen LogP contribution is 2.35. The lowest BCUT2D eigenvalue weighted by molar-refractivity contribution is 0.0790. The number of hydrogen-bond donors (Lipinski definition) is 0. The van der Waals surface area contributed by atoms with Gasteiger partial charge in [-0.25, -0.2) is 0 Å². The van der Waals surface area contributed by atoms with Gasteiger partial charge in [0.25, 0.3) is 5.91 Å². The predicted molar refractivity (Wildman–Crippen MR) is 75.5 cm³/mol. The highest BCUT2D eigenvalue weighted by atomic mass is 16.2. The van der Waals surface area contributed by atoms with Crippen LogP contribution in [-0.2, 0) is 19.4 Å². The number of amides is 1. The van der Waals surface area contributed by atoms with Crippen molar-refractivity contribution in [2.75, 3.05) is 13.6 Å². The molecule has 0 fully saturated rings. The number of aromatic nitrogens is 1. The summed E-state index contributed by atoms with van der Waals surface area (Å²) < 4.78 is 2.29. The third-order valence-corrected chi connectivity index (χ3v) is 4.57. The summed E-state index contributed by atoms with van der Waals surface area (Å²) in [6, 6.07) is 6.55. The van der Waals surface area contributed by atoms with Crippen LogP contribution in [0.15, 0.2) is 18.2 Å². The molecule has 3 heterocycles. The van der Waals surface area contributed by atoms with E-state index in [4.69, 9.17) is 0 Å². The molecule has 1 amide bonds. The molecule has 0 spiro atoms. The van der Waals surface area contributed by atoms with E-state index < -0.39 is 0 Å². The van der Waals surface area contributed by atoms with Crippen LogP contribution in [0.2, 0.25) is 0 Å². The first kappa shape index (κ1) is 11.1. The van der Waals surface area contributed by atoms with Gasteiger partial charge in [0.2, 0.25) is 0 Å². The molecule has 0 N–H and O–H groups in total. The molecule has 0 bridgehead atoms. The molecule has 0 unspecified atom stereocenters. The largest absolute Gasteiger partial charge is 0.340 e. The topological polar surface area (TPSA) is 25.2 Å². The third kappa shape index (κ3) is 1.41. The van der Waals surface area contributed by atoms with Crippen LogP contribution in [0.3, 0.4) is 0 Å². The Morgan fingerprint density at radius 1 is 1.11 bits per heavy atom. The van der Waals surface area contributed by atoms with Gasteiger partial charge >= 0.3 is 0 Å². The molecule has 98 valence electrons. The molecule has 3 nitrogen and oxygen atoms in total. The molecule has 0 saturated heterocycles. The summed E-state index contributed by atoms with van der Waals surface area (Å²) in [5.41, 5.74) is 4.98. The Bertz CT molecular complexity index is 684. The zero-order chi connectivity index (χ0) is 13.0. The maximum absolute atomic E-state index is 12.6. The van der Waals surface area contributed by atoms with Gasteiger partial charge < -0.3 is 9.47 Å². The zero-order valence-corrected chi connectivity index (χ0v) is 11.3. The highest BCUT2D eigenvalue weighted by Gasteiger charge is 2.29. The Hall–Kier alpha value is -1.77. The zero-order valence-electron chi connectivity index (χ0n) is 11.3. The molecule has 2 aromatic rings. The second-order valence-electron chi connectivity index (χ2n) is 5.73. The average Bonchev–Trinajstić information content (AvgIpc) is 2.66. The van der Waals surface area contributed by atoms with E-state index in [1.807, 2.05) is 11.9 Å². The smallest absolute Gasteiger partial charge is 0.270 e. The van der Waals surface area contributed by atoms with E-state index in [-0.39, 0.29) is 5.91 Å². The van der Waals surface area contributed by atoms with Crippen molar-refractivity contribution in [2.45, 2.75) is 32.2 Å². The van der Waals surface area contributed by atoms with E-state index in [0.717, 1.165) is 44.5 Å². The fourth-order valence-corrected chi connectivity index (χ4v) is 3.68. The number of rotatable bonds is 0. The molecule has 4 rings (SSSR count). The lowest BCUT2D eigenvalue weighted by atomic mass is 10.0. The number of fused-ring (bicyclic) bond motifs is 3. The van der Waals surface area contributed by atoms with Gasteiger partial charge in [0, 0.05) is 25.5 Å². The lowest BCUT2D eigenvalue weighted by Gasteiger charge is -2.20. The monoisotopic (exact) mass is 254 g/mol. The summed E-state index contributed by atoms with van der Waals surface area (Å²) in [6.45, 7) is 1.86. The van der Waals surface area contributed by atoms with Crippen LogP contribution >= 0.6 is 0 Å². The SMILES string of the molecule is CN1CCCc2c(n3c4c(cccc24)CCC3)C1=O. The van der Waals surface area contributed by atoms with Crippen molar-refractivity contribution in [1.82, 2.24) is 9.47 Å². The highest BCUT2D eigenvalue weighted by molar-refractivity contribution is 6.03. The molecule has 0 saturated carbocycles. The van der Waals surface area contributed by atoms with E-state index in [1.54, 1.807) is 0 Å². The average molecular weight is 254 g/mol. The summed E-state index contributed by atoms with van der Waals surface area (Å²) in [5, 5.41) is 1.32. The van der Waals surface area contributed by atoms with Crippen molar-refractivity contribution < 1.29 is 4.79 Å². The molecule has 19 heavy (non-hydrogen) atoms. The Kier molecular flexibility index (Phi) is 2.25. The van der Waals surface area contributed by atoms with Crippen molar-refractivity contribution in [3.05, 3.63) is 35.0 Å². The third-order valence-electron chi connectivity index (χ3n) is 4.57. The molecule has 0 radical (unpaired) electrons. The van der Waals surface area contributed by atoms with E-state index in [0.29, 0.717) is 0 Å². The van der Waals surface area contributed by atoms with E-state index >= 15 is 0 Å². The summed E-state index contributed by atoms with van der Waals surface area (Å²) in [6.07, 6.45) is 4.38. The van der Waals surface area contributed by atoms with Crippen LogP contribution in [0.5, 0.6) is 0 Å². The fraction of sp³-hybridized carbons (Fsp3) is 0.438. The van der Waals surface area contributed by atoms with Gasteiger partial charge in [-0.1, -0.05) is 18.2 Å². The Morgan fingerprint density at radius 2 is 1.95 bits per heavy atom. The van der Waals surface area contributed by atoms with Crippen molar-refractivity contribution in [2.24, 2.45) is 0 Å². The maximum atomic E-state index is 12.6.